The third kappa shape index (κ3) is 29.4. The standard InChI is InChI=1S/C11H24N2.C9H20N2.Co/c1-8(2)12-10(5)7-11(6)13-9(3)4;1-8(2,3)10-7-11-9(4,5)6;/h8-11H,7H2,1-6H3;7H2,1-6H3;/q2*-2;. The minimum absolute atomic E-state index is 0. The van der Waals surface area contributed by atoms with Crippen LogP contribution >= 0.6 is 0 Å². The summed E-state index contributed by atoms with van der Waals surface area (Å²) in [7, 11) is 0. The summed E-state index contributed by atoms with van der Waals surface area (Å²) in [5, 5.41) is 17.9. The third-order valence-electron chi connectivity index (χ3n) is 2.88. The zero-order chi connectivity index (χ0) is 19.6. The van der Waals surface area contributed by atoms with Crippen molar-refractivity contribution in [3.63, 3.8) is 0 Å². The van der Waals surface area contributed by atoms with Crippen LogP contribution in [0.25, 0.3) is 21.3 Å². The van der Waals surface area contributed by atoms with Crippen molar-refractivity contribution in [1.82, 2.24) is 0 Å². The average Bonchev–Trinajstić information content (AvgIpc) is 2.22. The Labute approximate surface area is 169 Å². The molecule has 157 valence electrons. The first-order valence-electron chi connectivity index (χ1n) is 9.39. The van der Waals surface area contributed by atoms with Crippen LogP contribution in [0, 0.1) is 0 Å². The number of nitrogens with zero attached hydrogens (tertiary/aromatic N) is 4. The van der Waals surface area contributed by atoms with Crippen molar-refractivity contribution in [3.05, 3.63) is 21.3 Å². The second-order valence-corrected chi connectivity index (χ2v) is 9.22. The molecule has 0 fully saturated rings. The van der Waals surface area contributed by atoms with Gasteiger partial charge >= 0.3 is 0 Å². The summed E-state index contributed by atoms with van der Waals surface area (Å²) in [5.74, 6) is 0. The molecule has 0 aliphatic rings. The van der Waals surface area contributed by atoms with Gasteiger partial charge in [0, 0.05) is 16.8 Å². The van der Waals surface area contributed by atoms with Gasteiger partial charge in [0.2, 0.25) is 0 Å². The van der Waals surface area contributed by atoms with E-state index in [-0.39, 0.29) is 27.9 Å². The van der Waals surface area contributed by atoms with Crippen LogP contribution in [0.3, 0.4) is 0 Å². The molecule has 0 bridgehead atoms. The molecule has 2 atom stereocenters. The predicted octanol–water partition coefficient (Wildman–Crippen LogP) is 7.00. The van der Waals surface area contributed by atoms with E-state index in [9.17, 15) is 0 Å². The van der Waals surface area contributed by atoms with Crippen LogP contribution in [0.1, 0.15) is 89.5 Å². The third-order valence-corrected chi connectivity index (χ3v) is 2.88. The molecule has 0 aliphatic heterocycles. The molecule has 1 radical (unpaired) electrons. The van der Waals surface area contributed by atoms with E-state index >= 15 is 0 Å². The molecule has 0 rings (SSSR count). The molecule has 0 heterocycles. The van der Waals surface area contributed by atoms with E-state index in [2.05, 4.69) is 104 Å². The molecule has 4 nitrogen and oxygen atoms in total. The van der Waals surface area contributed by atoms with Gasteiger partial charge in [-0.05, 0) is 0 Å². The van der Waals surface area contributed by atoms with Crippen molar-refractivity contribution in [2.45, 2.75) is 125 Å². The molecule has 0 saturated carbocycles. The Morgan fingerprint density at radius 2 is 0.880 bits per heavy atom. The molecule has 0 aromatic heterocycles. The average molecular weight is 400 g/mol. The molecule has 2 unspecified atom stereocenters. The largest absolute Gasteiger partial charge is 0.676 e. The first kappa shape index (κ1) is 30.1. The second kappa shape index (κ2) is 14.4. The van der Waals surface area contributed by atoms with Gasteiger partial charge in [-0.3, -0.25) is 6.67 Å². The maximum absolute atomic E-state index is 4.56. The number of rotatable bonds is 8. The van der Waals surface area contributed by atoms with Crippen LogP contribution < -0.4 is 0 Å². The molecule has 0 spiro atoms. The molecule has 0 saturated heterocycles. The van der Waals surface area contributed by atoms with E-state index in [0.29, 0.717) is 30.8 Å². The van der Waals surface area contributed by atoms with Crippen molar-refractivity contribution in [3.8, 4) is 0 Å². The van der Waals surface area contributed by atoms with Crippen LogP contribution in [0.5, 0.6) is 0 Å². The molecular formula is C20H44CoN4-4. The Balaban J connectivity index is -0.000000377. The van der Waals surface area contributed by atoms with E-state index in [1.54, 1.807) is 0 Å². The zero-order valence-electron chi connectivity index (χ0n) is 18.8. The fourth-order valence-corrected chi connectivity index (χ4v) is 2.09. The van der Waals surface area contributed by atoms with Gasteiger partial charge in [-0.2, -0.15) is 0 Å². The molecule has 0 aromatic rings. The minimum atomic E-state index is 0. The molecular weight excluding hydrogens is 355 g/mol. The maximum Gasteiger partial charge on any atom is 0 e. The van der Waals surface area contributed by atoms with Gasteiger partial charge in [0.25, 0.3) is 0 Å². The Kier molecular flexibility index (Phi) is 17.3. The van der Waals surface area contributed by atoms with E-state index in [4.69, 9.17) is 0 Å². The van der Waals surface area contributed by atoms with Crippen LogP contribution in [0.4, 0.5) is 0 Å². The van der Waals surface area contributed by atoms with Crippen LogP contribution in [-0.4, -0.2) is 41.9 Å². The molecule has 25 heavy (non-hydrogen) atoms. The summed E-state index contributed by atoms with van der Waals surface area (Å²) in [4.78, 5) is 0. The topological polar surface area (TPSA) is 56.4 Å². The first-order chi connectivity index (χ1) is 10.6. The van der Waals surface area contributed by atoms with Crippen molar-refractivity contribution >= 4 is 0 Å². The first-order valence-corrected chi connectivity index (χ1v) is 9.39. The maximum atomic E-state index is 4.56. The fourth-order valence-electron chi connectivity index (χ4n) is 2.09. The number of hydrogen-bond acceptors (Lipinski definition) is 0. The van der Waals surface area contributed by atoms with Gasteiger partial charge < -0.3 is 21.3 Å². The smallest absolute Gasteiger partial charge is 0 e. The molecule has 0 N–H and O–H groups in total. The van der Waals surface area contributed by atoms with Crippen LogP contribution in [-0.2, 0) is 16.8 Å². The Hall–Kier alpha value is 0.346. The molecule has 0 amide bonds. The summed E-state index contributed by atoms with van der Waals surface area (Å²) in [6, 6.07) is 1.78. The normalized spacial score (nSPS) is 14.6. The quantitative estimate of drug-likeness (QED) is 0.422. The van der Waals surface area contributed by atoms with Crippen molar-refractivity contribution in [2.75, 3.05) is 6.67 Å². The summed E-state index contributed by atoms with van der Waals surface area (Å²) in [6.45, 7) is 26.0. The van der Waals surface area contributed by atoms with Crippen LogP contribution in [0.15, 0.2) is 0 Å². The van der Waals surface area contributed by atoms with E-state index < -0.39 is 0 Å². The van der Waals surface area contributed by atoms with Crippen molar-refractivity contribution in [1.29, 1.82) is 0 Å². The van der Waals surface area contributed by atoms with E-state index in [0.717, 1.165) is 6.42 Å². The van der Waals surface area contributed by atoms with Crippen molar-refractivity contribution in [2.24, 2.45) is 0 Å². The summed E-state index contributed by atoms with van der Waals surface area (Å²) in [5.41, 5.74) is 0.101. The van der Waals surface area contributed by atoms with Gasteiger partial charge in [-0.15, -0.1) is 35.2 Å². The molecule has 5 heteroatoms. The van der Waals surface area contributed by atoms with Gasteiger partial charge in [0.1, 0.15) is 0 Å². The zero-order valence-corrected chi connectivity index (χ0v) is 19.9. The summed E-state index contributed by atoms with van der Waals surface area (Å²) >= 11 is 0. The molecule has 0 aromatic carbocycles. The van der Waals surface area contributed by atoms with Crippen molar-refractivity contribution < 1.29 is 16.8 Å². The monoisotopic (exact) mass is 399 g/mol. The fraction of sp³-hybridized carbons (Fsp3) is 1.00. The van der Waals surface area contributed by atoms with Gasteiger partial charge in [0.05, 0.1) is 0 Å². The Morgan fingerprint density at radius 1 is 0.600 bits per heavy atom. The minimum Gasteiger partial charge on any atom is -0.676 e. The summed E-state index contributed by atoms with van der Waals surface area (Å²) < 4.78 is 0. The molecule has 0 aliphatic carbocycles. The van der Waals surface area contributed by atoms with Gasteiger partial charge in [-0.1, -0.05) is 89.5 Å². The predicted molar refractivity (Wildman–Crippen MR) is 112 cm³/mol. The van der Waals surface area contributed by atoms with Gasteiger partial charge in [-0.25, -0.2) is 0 Å². The van der Waals surface area contributed by atoms with Gasteiger partial charge in [0.15, 0.2) is 0 Å². The van der Waals surface area contributed by atoms with E-state index in [1.807, 2.05) is 0 Å². The second-order valence-electron chi connectivity index (χ2n) is 9.22. The Bertz CT molecular complexity index is 265. The van der Waals surface area contributed by atoms with E-state index in [1.165, 1.54) is 0 Å². The summed E-state index contributed by atoms with van der Waals surface area (Å²) in [6.07, 6.45) is 1.08. The Morgan fingerprint density at radius 3 is 1.08 bits per heavy atom. The van der Waals surface area contributed by atoms with Crippen LogP contribution in [0.2, 0.25) is 0 Å². The number of hydrogen-bond donors (Lipinski definition) is 0. The SMILES string of the molecule is CC(C)(C)[N-]C[N-]C(C)(C)C.CC(C)[N-]C(C)CC(C)[N-]C(C)C.[Co].